The van der Waals surface area contributed by atoms with Gasteiger partial charge in [0.25, 0.3) is 0 Å². The Morgan fingerprint density at radius 3 is 2.36 bits per heavy atom. The highest BCUT2D eigenvalue weighted by molar-refractivity contribution is 7.18. The predicted octanol–water partition coefficient (Wildman–Crippen LogP) is 5.92. The molecule has 302 valence electrons. The van der Waals surface area contributed by atoms with Crippen molar-refractivity contribution < 1.29 is 9.59 Å². The lowest BCUT2D eigenvalue weighted by atomic mass is 9.78. The van der Waals surface area contributed by atoms with Gasteiger partial charge in [0.05, 0.1) is 41.1 Å². The van der Waals surface area contributed by atoms with Crippen molar-refractivity contribution in [3.05, 3.63) is 66.1 Å². The van der Waals surface area contributed by atoms with Crippen LogP contribution in [0, 0.1) is 17.8 Å². The zero-order valence-corrected chi connectivity index (χ0v) is 34.0. The maximum atomic E-state index is 12.3. The third-order valence-corrected chi connectivity index (χ3v) is 13.9. The van der Waals surface area contributed by atoms with E-state index in [1.807, 2.05) is 48.4 Å². The summed E-state index contributed by atoms with van der Waals surface area (Å²) in [5.74, 6) is 2.61. The Labute approximate surface area is 343 Å². The number of carbonyl (C=O) groups excluding carboxylic acids is 2. The number of aromatic nitrogens is 6. The third kappa shape index (κ3) is 8.06. The average Bonchev–Trinajstić information content (AvgIpc) is 3.93. The minimum absolute atomic E-state index is 0.185. The molecule has 1 atom stereocenters. The molecule has 0 spiro atoms. The van der Waals surface area contributed by atoms with Gasteiger partial charge in [0.2, 0.25) is 16.9 Å². The summed E-state index contributed by atoms with van der Waals surface area (Å²) in [7, 11) is 1.93. The molecule has 2 amide bonds. The van der Waals surface area contributed by atoms with E-state index in [2.05, 4.69) is 70.5 Å². The van der Waals surface area contributed by atoms with Crippen molar-refractivity contribution in [2.45, 2.75) is 63.8 Å². The van der Waals surface area contributed by atoms with E-state index in [-0.39, 0.29) is 17.7 Å². The van der Waals surface area contributed by atoms with Crippen LogP contribution in [0.2, 0.25) is 0 Å². The van der Waals surface area contributed by atoms with Crippen LogP contribution in [0.1, 0.15) is 68.4 Å². The lowest BCUT2D eigenvalue weighted by Gasteiger charge is -2.41. The van der Waals surface area contributed by atoms with Crippen LogP contribution in [0.4, 0.5) is 16.6 Å². The van der Waals surface area contributed by atoms with E-state index < -0.39 is 0 Å². The Kier molecular flexibility index (Phi) is 11.1. The van der Waals surface area contributed by atoms with E-state index in [9.17, 15) is 9.59 Å². The van der Waals surface area contributed by atoms with Crippen molar-refractivity contribution in [2.75, 3.05) is 68.0 Å². The number of aliphatic imine (C=N–C) groups is 1. The summed E-state index contributed by atoms with van der Waals surface area (Å²) < 4.78 is 1.91. The highest BCUT2D eigenvalue weighted by Crippen LogP contribution is 2.39. The van der Waals surface area contributed by atoms with E-state index >= 15 is 0 Å². The Morgan fingerprint density at radius 2 is 1.64 bits per heavy atom. The van der Waals surface area contributed by atoms with Gasteiger partial charge in [0.1, 0.15) is 5.82 Å². The molecule has 2 N–H and O–H groups in total. The van der Waals surface area contributed by atoms with Crippen LogP contribution >= 0.6 is 11.3 Å². The summed E-state index contributed by atoms with van der Waals surface area (Å²) >= 11 is 1.65. The highest BCUT2D eigenvalue weighted by Gasteiger charge is 2.33. The second-order valence-corrected chi connectivity index (χ2v) is 17.4. The van der Waals surface area contributed by atoms with Crippen LogP contribution in [0.25, 0.3) is 27.5 Å². The van der Waals surface area contributed by atoms with Gasteiger partial charge in [-0.25, -0.2) is 9.50 Å². The van der Waals surface area contributed by atoms with Crippen molar-refractivity contribution in [3.63, 3.8) is 0 Å². The van der Waals surface area contributed by atoms with Gasteiger partial charge in [-0.15, -0.1) is 10.2 Å². The lowest BCUT2D eigenvalue weighted by Crippen LogP contribution is -2.44. The number of hydrogen-bond donors (Lipinski definition) is 2. The maximum Gasteiger partial charge on any atom is 0.234 e. The number of nitrogens with one attached hydrogen (secondary N) is 2. The number of likely N-dealkylation sites (tertiary alicyclic amines) is 1. The standard InChI is InChI=1S/C43H52N12O2S/c1-44-23-29-21-33-4-6-38(55(33)48-24-29)37-22-36(45-2)35(26-46-37)42-50-51-43(58-42)54-19-13-31(14-20-54)30-11-15-52(16-12-30)27-28-9-17-53(18-10-28)39-7-3-32(25-47-39)34-5-8-40(56)49-41(34)57/h3-4,6-7,21-22,24-26,28,30-31,34H,1,5,8-20,23,27H2,2H3,(H,45,46)(H,49,56,57)/t34-/m0/s1. The van der Waals surface area contributed by atoms with Gasteiger partial charge in [-0.2, -0.15) is 5.10 Å². The van der Waals surface area contributed by atoms with Gasteiger partial charge in [-0.3, -0.25) is 24.9 Å². The number of pyridine rings is 2. The molecule has 4 saturated heterocycles. The third-order valence-electron chi connectivity index (χ3n) is 12.9. The normalized spacial score (nSPS) is 20.5. The van der Waals surface area contributed by atoms with Crippen LogP contribution in [0.15, 0.2) is 60.0 Å². The highest BCUT2D eigenvalue weighted by atomic mass is 32.1. The van der Waals surface area contributed by atoms with E-state index in [0.29, 0.717) is 19.4 Å². The van der Waals surface area contributed by atoms with Crippen LogP contribution in [-0.4, -0.2) is 106 Å². The molecule has 9 heterocycles. The van der Waals surface area contributed by atoms with E-state index in [1.165, 1.54) is 58.2 Å². The van der Waals surface area contributed by atoms with Gasteiger partial charge >= 0.3 is 0 Å². The fraction of sp³-hybridized carbons (Fsp3) is 0.488. The van der Waals surface area contributed by atoms with Crippen LogP contribution in [0.5, 0.6) is 0 Å². The second kappa shape index (κ2) is 16.9. The average molecular weight is 801 g/mol. The number of nitrogens with zero attached hydrogens (tertiary/aromatic N) is 10. The molecule has 58 heavy (non-hydrogen) atoms. The molecule has 9 rings (SSSR count). The molecule has 0 aromatic carbocycles. The molecule has 0 radical (unpaired) electrons. The van der Waals surface area contributed by atoms with Gasteiger partial charge in [0.15, 0.2) is 5.01 Å². The SMILES string of the molecule is C=NCc1cnn2c(-c3cc(NC)c(-c4nnc(N5CCC(C6CCN(CC7CCN(c8ccc([C@@H]9CCC(=O)NC9=O)cn8)CC7)CC6)CC5)s4)cn3)ccc2c1. The molecule has 4 aliphatic heterocycles. The van der Waals surface area contributed by atoms with Gasteiger partial charge < -0.3 is 20.0 Å². The van der Waals surface area contributed by atoms with Crippen molar-refractivity contribution in [1.29, 1.82) is 0 Å². The zero-order chi connectivity index (χ0) is 39.6. The Morgan fingerprint density at radius 1 is 0.862 bits per heavy atom. The number of carbonyl (C=O) groups is 2. The van der Waals surface area contributed by atoms with Crippen molar-refractivity contribution in [1.82, 2.24) is 40.0 Å². The summed E-state index contributed by atoms with van der Waals surface area (Å²) in [5.41, 5.74) is 6.57. The molecule has 0 bridgehead atoms. The summed E-state index contributed by atoms with van der Waals surface area (Å²) in [6.45, 7) is 11.8. The van der Waals surface area contributed by atoms with Crippen LogP contribution in [0.3, 0.4) is 0 Å². The molecule has 4 aliphatic rings. The maximum absolute atomic E-state index is 12.3. The number of rotatable bonds is 11. The van der Waals surface area contributed by atoms with Gasteiger partial charge in [-0.05, 0) is 124 Å². The van der Waals surface area contributed by atoms with Crippen LogP contribution < -0.4 is 20.4 Å². The fourth-order valence-corrected chi connectivity index (χ4v) is 10.5. The molecule has 0 aliphatic carbocycles. The molecule has 14 nitrogen and oxygen atoms in total. The first-order valence-corrected chi connectivity index (χ1v) is 21.7. The number of fused-ring (bicyclic) bond motifs is 1. The summed E-state index contributed by atoms with van der Waals surface area (Å²) in [6.07, 6.45) is 13.9. The monoisotopic (exact) mass is 800 g/mol. The fourth-order valence-electron chi connectivity index (χ4n) is 9.56. The van der Waals surface area contributed by atoms with E-state index in [1.54, 1.807) is 11.3 Å². The molecular formula is C43H52N12O2S. The van der Waals surface area contributed by atoms with Gasteiger partial charge in [-0.1, -0.05) is 17.4 Å². The van der Waals surface area contributed by atoms with E-state index in [0.717, 1.165) is 99.2 Å². The smallest absolute Gasteiger partial charge is 0.234 e. The number of piperidine rings is 4. The first-order chi connectivity index (χ1) is 28.4. The largest absolute Gasteiger partial charge is 0.387 e. The van der Waals surface area contributed by atoms with Crippen molar-refractivity contribution >= 4 is 52.0 Å². The summed E-state index contributed by atoms with van der Waals surface area (Å²) in [5, 5.41) is 21.6. The topological polar surface area (TPSA) is 149 Å². The zero-order valence-electron chi connectivity index (χ0n) is 33.2. The first-order valence-electron chi connectivity index (χ1n) is 20.9. The summed E-state index contributed by atoms with van der Waals surface area (Å²) in [6, 6.07) is 12.3. The van der Waals surface area contributed by atoms with Crippen molar-refractivity contribution in [2.24, 2.45) is 22.7 Å². The number of amides is 2. The molecule has 5 aromatic heterocycles. The second-order valence-electron chi connectivity index (χ2n) is 16.4. The number of imide groups is 1. The number of anilines is 3. The minimum Gasteiger partial charge on any atom is -0.387 e. The van der Waals surface area contributed by atoms with Crippen LogP contribution in [-0.2, 0) is 16.1 Å². The Hall–Kier alpha value is -5.28. The quantitative estimate of drug-likeness (QED) is 0.121. The lowest BCUT2D eigenvalue weighted by molar-refractivity contribution is -0.134. The van der Waals surface area contributed by atoms with Crippen molar-refractivity contribution in [3.8, 4) is 22.0 Å². The molecule has 0 unspecified atom stereocenters. The predicted molar refractivity (Wildman–Crippen MR) is 229 cm³/mol. The molecule has 15 heteroatoms. The van der Waals surface area contributed by atoms with Gasteiger partial charge in [0, 0.05) is 64.3 Å². The Bertz CT molecular complexity index is 2250. The Balaban J connectivity index is 0.725. The molecule has 4 fully saturated rings. The number of hydrogen-bond acceptors (Lipinski definition) is 13. The molecule has 0 saturated carbocycles. The minimum atomic E-state index is -0.286. The summed E-state index contributed by atoms with van der Waals surface area (Å²) in [4.78, 5) is 44.9. The van der Waals surface area contributed by atoms with E-state index in [4.69, 9.17) is 9.97 Å². The first kappa shape index (κ1) is 38.2. The molecular weight excluding hydrogens is 749 g/mol. The molecule has 5 aromatic rings.